The maximum absolute atomic E-state index is 13.5. The number of amides is 1. The lowest BCUT2D eigenvalue weighted by Crippen LogP contribution is -2.56. The molecule has 1 unspecified atom stereocenters. The van der Waals surface area contributed by atoms with Crippen molar-refractivity contribution in [2.24, 2.45) is 0 Å². The first-order chi connectivity index (χ1) is 17.6. The number of hydrogen-bond donors (Lipinski definition) is 0. The van der Waals surface area contributed by atoms with Gasteiger partial charge in [0.2, 0.25) is 5.91 Å². The number of carbonyl (C=O) groups excluding carboxylic acids is 1. The monoisotopic (exact) mass is 490 g/mol. The van der Waals surface area contributed by atoms with E-state index in [1.165, 1.54) is 18.6 Å². The molecule has 7 nitrogen and oxygen atoms in total. The summed E-state index contributed by atoms with van der Waals surface area (Å²) in [6, 6.07) is 14.2. The lowest BCUT2D eigenvalue weighted by molar-refractivity contribution is -0.133. The van der Waals surface area contributed by atoms with Gasteiger partial charge in [-0.25, -0.2) is 14.4 Å². The van der Waals surface area contributed by atoms with Crippen LogP contribution in [0.5, 0.6) is 11.5 Å². The number of anilines is 1. The standard InChI is InChI=1S/C28H31FN4O3/c1-35-25-11-10-22(17-26(25)36-24-4-2-5-24)32-14-15-33(28(34)18-27-30-12-3-13-31-27)23(19-32)16-20-6-8-21(29)9-7-20/h3,6-13,17,23-24H,2,4-5,14-16,18-19H2,1H3. The van der Waals surface area contributed by atoms with Crippen LogP contribution in [0.25, 0.3) is 0 Å². The van der Waals surface area contributed by atoms with Crippen LogP contribution in [0.2, 0.25) is 0 Å². The molecule has 0 N–H and O–H groups in total. The van der Waals surface area contributed by atoms with Crippen molar-refractivity contribution in [3.63, 3.8) is 0 Å². The van der Waals surface area contributed by atoms with Crippen molar-refractivity contribution in [3.8, 4) is 11.5 Å². The average Bonchev–Trinajstić information content (AvgIpc) is 2.88. The van der Waals surface area contributed by atoms with Gasteiger partial charge in [-0.05, 0) is 61.6 Å². The molecule has 36 heavy (non-hydrogen) atoms. The predicted molar refractivity (Wildman–Crippen MR) is 135 cm³/mol. The topological polar surface area (TPSA) is 67.8 Å². The van der Waals surface area contributed by atoms with Crippen LogP contribution in [0.1, 0.15) is 30.7 Å². The number of halogens is 1. The summed E-state index contributed by atoms with van der Waals surface area (Å²) in [6.07, 6.45) is 7.66. The number of rotatable bonds is 8. The van der Waals surface area contributed by atoms with Crippen molar-refractivity contribution in [2.75, 3.05) is 31.6 Å². The van der Waals surface area contributed by atoms with Crippen LogP contribution in [0.4, 0.5) is 10.1 Å². The van der Waals surface area contributed by atoms with Crippen LogP contribution in [-0.2, 0) is 17.6 Å². The van der Waals surface area contributed by atoms with E-state index in [2.05, 4.69) is 14.9 Å². The Hall–Kier alpha value is -3.68. The van der Waals surface area contributed by atoms with E-state index in [1.54, 1.807) is 37.7 Å². The van der Waals surface area contributed by atoms with Gasteiger partial charge in [0.1, 0.15) is 11.6 Å². The molecule has 1 saturated heterocycles. The highest BCUT2D eigenvalue weighted by molar-refractivity contribution is 5.78. The fourth-order valence-electron chi connectivity index (χ4n) is 4.77. The van der Waals surface area contributed by atoms with Gasteiger partial charge >= 0.3 is 0 Å². The lowest BCUT2D eigenvalue weighted by atomic mass is 9.96. The third-order valence-electron chi connectivity index (χ3n) is 6.97. The fourth-order valence-corrected chi connectivity index (χ4v) is 4.77. The molecule has 5 rings (SSSR count). The molecule has 1 amide bonds. The number of nitrogens with zero attached hydrogens (tertiary/aromatic N) is 4. The van der Waals surface area contributed by atoms with Crippen molar-refractivity contribution in [2.45, 2.75) is 44.2 Å². The molecule has 2 aliphatic rings. The Kier molecular flexibility index (Phi) is 7.30. The maximum atomic E-state index is 13.5. The molecule has 3 aromatic rings. The Balaban J connectivity index is 1.36. The SMILES string of the molecule is COc1ccc(N2CCN(C(=O)Cc3ncccn3)C(Cc3ccc(F)cc3)C2)cc1OC1CCC1. The Morgan fingerprint density at radius 2 is 1.83 bits per heavy atom. The van der Waals surface area contributed by atoms with Crippen molar-refractivity contribution in [3.05, 3.63) is 78.1 Å². The molecule has 1 atom stereocenters. The van der Waals surface area contributed by atoms with Gasteiger partial charge in [-0.1, -0.05) is 12.1 Å². The van der Waals surface area contributed by atoms with Gasteiger partial charge in [-0.3, -0.25) is 4.79 Å². The molecule has 0 bridgehead atoms. The second-order valence-electron chi connectivity index (χ2n) is 9.37. The van der Waals surface area contributed by atoms with Gasteiger partial charge in [0.25, 0.3) is 0 Å². The van der Waals surface area contributed by atoms with Gasteiger partial charge in [-0.2, -0.15) is 0 Å². The summed E-state index contributed by atoms with van der Waals surface area (Å²) in [7, 11) is 1.65. The first kappa shape index (κ1) is 24.0. The summed E-state index contributed by atoms with van der Waals surface area (Å²) in [5, 5.41) is 0. The van der Waals surface area contributed by atoms with Crippen molar-refractivity contribution >= 4 is 11.6 Å². The van der Waals surface area contributed by atoms with Gasteiger partial charge in [-0.15, -0.1) is 0 Å². The minimum absolute atomic E-state index is 0.00306. The Bertz CT molecular complexity index is 1170. The third kappa shape index (κ3) is 5.58. The molecule has 1 aliphatic heterocycles. The van der Waals surface area contributed by atoms with Crippen molar-refractivity contribution in [1.29, 1.82) is 0 Å². The zero-order valence-corrected chi connectivity index (χ0v) is 20.5. The quantitative estimate of drug-likeness (QED) is 0.475. The van der Waals surface area contributed by atoms with E-state index >= 15 is 0 Å². The number of hydrogen-bond acceptors (Lipinski definition) is 6. The number of methoxy groups -OCH3 is 1. The van der Waals surface area contributed by atoms with Gasteiger partial charge in [0, 0.05) is 43.8 Å². The Morgan fingerprint density at radius 1 is 1.06 bits per heavy atom. The van der Waals surface area contributed by atoms with Crippen LogP contribution in [0.3, 0.4) is 0 Å². The molecule has 2 fully saturated rings. The molecule has 1 saturated carbocycles. The summed E-state index contributed by atoms with van der Waals surface area (Å²) in [4.78, 5) is 25.9. The fraction of sp³-hybridized carbons (Fsp3) is 0.393. The zero-order valence-electron chi connectivity index (χ0n) is 20.5. The summed E-state index contributed by atoms with van der Waals surface area (Å²) in [5.41, 5.74) is 2.02. The summed E-state index contributed by atoms with van der Waals surface area (Å²) < 4.78 is 25.2. The highest BCUT2D eigenvalue weighted by Crippen LogP contribution is 2.36. The van der Waals surface area contributed by atoms with Gasteiger partial charge in [0.05, 0.1) is 25.7 Å². The minimum Gasteiger partial charge on any atom is -0.493 e. The van der Waals surface area contributed by atoms with E-state index in [0.29, 0.717) is 31.9 Å². The molecular weight excluding hydrogens is 459 g/mol. The predicted octanol–water partition coefficient (Wildman–Crippen LogP) is 4.06. The summed E-state index contributed by atoms with van der Waals surface area (Å²) in [5.74, 6) is 1.73. The third-order valence-corrected chi connectivity index (χ3v) is 6.97. The highest BCUT2D eigenvalue weighted by atomic mass is 19.1. The largest absolute Gasteiger partial charge is 0.493 e. The average molecular weight is 491 g/mol. The lowest BCUT2D eigenvalue weighted by Gasteiger charge is -2.43. The van der Waals surface area contributed by atoms with Crippen molar-refractivity contribution < 1.29 is 18.7 Å². The molecule has 1 aromatic heterocycles. The van der Waals surface area contributed by atoms with Crippen LogP contribution in [0, 0.1) is 5.82 Å². The second kappa shape index (κ2) is 10.9. The molecular formula is C28H31FN4O3. The van der Waals surface area contributed by atoms with E-state index in [-0.39, 0.29) is 30.3 Å². The molecule has 2 aromatic carbocycles. The van der Waals surface area contributed by atoms with Crippen LogP contribution < -0.4 is 14.4 Å². The zero-order chi connectivity index (χ0) is 24.9. The Morgan fingerprint density at radius 3 is 2.53 bits per heavy atom. The Labute approximate surface area is 210 Å². The molecule has 0 radical (unpaired) electrons. The number of piperazine rings is 1. The van der Waals surface area contributed by atoms with E-state index in [0.717, 1.165) is 35.6 Å². The molecule has 0 spiro atoms. The van der Waals surface area contributed by atoms with Crippen LogP contribution in [0.15, 0.2) is 60.9 Å². The van der Waals surface area contributed by atoms with Gasteiger partial charge in [0.15, 0.2) is 11.5 Å². The number of ether oxygens (including phenoxy) is 2. The van der Waals surface area contributed by atoms with Gasteiger partial charge < -0.3 is 19.3 Å². The first-order valence-electron chi connectivity index (χ1n) is 12.5. The molecule has 1 aliphatic carbocycles. The van der Waals surface area contributed by atoms with Crippen LogP contribution >= 0.6 is 0 Å². The van der Waals surface area contributed by atoms with E-state index < -0.39 is 0 Å². The summed E-state index contributed by atoms with van der Waals surface area (Å²) >= 11 is 0. The second-order valence-corrected chi connectivity index (χ2v) is 9.37. The highest BCUT2D eigenvalue weighted by Gasteiger charge is 2.32. The summed E-state index contributed by atoms with van der Waals surface area (Å²) in [6.45, 7) is 1.91. The van der Waals surface area contributed by atoms with Crippen molar-refractivity contribution in [1.82, 2.24) is 14.9 Å². The molecule has 188 valence electrons. The normalized spacial score (nSPS) is 18.0. The number of carbonyl (C=O) groups is 1. The maximum Gasteiger partial charge on any atom is 0.230 e. The minimum atomic E-state index is -0.268. The van der Waals surface area contributed by atoms with E-state index in [1.807, 2.05) is 23.1 Å². The first-order valence-corrected chi connectivity index (χ1v) is 12.5. The van der Waals surface area contributed by atoms with Crippen LogP contribution in [-0.4, -0.2) is 59.7 Å². The number of benzene rings is 2. The van der Waals surface area contributed by atoms with E-state index in [9.17, 15) is 9.18 Å². The van der Waals surface area contributed by atoms with E-state index in [4.69, 9.17) is 9.47 Å². The molecule has 8 heteroatoms. The smallest absolute Gasteiger partial charge is 0.230 e. The molecule has 2 heterocycles. The number of aromatic nitrogens is 2.